The van der Waals surface area contributed by atoms with E-state index < -0.39 is 6.23 Å². The summed E-state index contributed by atoms with van der Waals surface area (Å²) < 4.78 is 10.8. The number of aromatic amines is 1. The first-order chi connectivity index (χ1) is 16.9. The first-order valence-corrected chi connectivity index (χ1v) is 12.8. The van der Waals surface area contributed by atoms with Crippen molar-refractivity contribution in [2.75, 3.05) is 26.8 Å². The number of aliphatic hydroxyl groups excluding tert-OH is 1. The van der Waals surface area contributed by atoms with Crippen LogP contribution in [0, 0.1) is 11.8 Å². The van der Waals surface area contributed by atoms with Crippen LogP contribution in [-0.4, -0.2) is 60.0 Å². The molecule has 7 heteroatoms. The van der Waals surface area contributed by atoms with Gasteiger partial charge in [-0.15, -0.1) is 0 Å². The zero-order chi connectivity index (χ0) is 24.9. The molecule has 1 aliphatic heterocycles. The van der Waals surface area contributed by atoms with Gasteiger partial charge in [0.2, 0.25) is 0 Å². The maximum Gasteiger partial charge on any atom is 0.355 e. The molecule has 7 nitrogen and oxygen atoms in total. The Morgan fingerprint density at radius 3 is 2.74 bits per heavy atom. The first kappa shape index (κ1) is 25.5. The van der Waals surface area contributed by atoms with Crippen LogP contribution in [0.25, 0.3) is 10.9 Å². The molecular weight excluding hydrogens is 442 g/mol. The lowest BCUT2D eigenvalue weighted by Gasteiger charge is -2.34. The molecule has 1 fully saturated rings. The summed E-state index contributed by atoms with van der Waals surface area (Å²) in [4.78, 5) is 18.4. The van der Waals surface area contributed by atoms with E-state index in [-0.39, 0.29) is 17.9 Å². The van der Waals surface area contributed by atoms with Gasteiger partial charge in [0, 0.05) is 29.1 Å². The van der Waals surface area contributed by atoms with Crippen LogP contribution in [0.1, 0.15) is 56.1 Å². The average Bonchev–Trinajstić information content (AvgIpc) is 3.22. The molecule has 0 amide bonds. The van der Waals surface area contributed by atoms with E-state index in [1.807, 2.05) is 39.0 Å². The fourth-order valence-electron chi connectivity index (χ4n) is 5.05. The molecular formula is C28H39N3O4. The summed E-state index contributed by atoms with van der Waals surface area (Å²) >= 11 is 0. The average molecular weight is 482 g/mol. The van der Waals surface area contributed by atoms with Gasteiger partial charge in [-0.25, -0.2) is 4.79 Å². The van der Waals surface area contributed by atoms with E-state index in [4.69, 9.17) is 9.47 Å². The molecule has 2 unspecified atom stereocenters. The molecule has 2 heterocycles. The minimum atomic E-state index is -0.491. The third-order valence-electron chi connectivity index (χ3n) is 7.14. The molecule has 0 bridgehead atoms. The number of nitrogens with zero attached hydrogens (tertiary/aromatic N) is 1. The molecule has 0 radical (unpaired) electrons. The van der Waals surface area contributed by atoms with E-state index in [1.165, 1.54) is 5.57 Å². The van der Waals surface area contributed by atoms with Crippen LogP contribution in [0.2, 0.25) is 0 Å². The highest BCUT2D eigenvalue weighted by atomic mass is 16.5. The van der Waals surface area contributed by atoms with Crippen LogP contribution in [0.3, 0.4) is 0 Å². The summed E-state index contributed by atoms with van der Waals surface area (Å²) in [7, 11) is 1.66. The van der Waals surface area contributed by atoms with Crippen LogP contribution in [0.4, 0.5) is 0 Å². The molecule has 1 saturated heterocycles. The minimum Gasteiger partial charge on any atom is -0.497 e. The molecule has 190 valence electrons. The molecule has 1 aromatic carbocycles. The van der Waals surface area contributed by atoms with Gasteiger partial charge >= 0.3 is 5.97 Å². The number of methoxy groups -OCH3 is 1. The normalized spacial score (nSPS) is 20.3. The highest BCUT2D eigenvalue weighted by molar-refractivity contribution is 5.98. The Kier molecular flexibility index (Phi) is 8.31. The van der Waals surface area contributed by atoms with Crippen molar-refractivity contribution >= 4 is 16.9 Å². The number of esters is 1. The van der Waals surface area contributed by atoms with Crippen molar-refractivity contribution in [2.24, 2.45) is 11.8 Å². The number of rotatable bonds is 9. The fraction of sp³-hybridized carbons (Fsp3) is 0.536. The van der Waals surface area contributed by atoms with Gasteiger partial charge < -0.3 is 19.6 Å². The Morgan fingerprint density at radius 2 is 2.06 bits per heavy atom. The summed E-state index contributed by atoms with van der Waals surface area (Å²) in [6.45, 7) is 8.82. The van der Waals surface area contributed by atoms with Gasteiger partial charge in [-0.2, -0.15) is 0 Å². The van der Waals surface area contributed by atoms with E-state index in [9.17, 15) is 9.90 Å². The van der Waals surface area contributed by atoms with Crippen LogP contribution in [0.5, 0.6) is 5.75 Å². The number of hydrogen-bond acceptors (Lipinski definition) is 6. The topological polar surface area (TPSA) is 86.8 Å². The van der Waals surface area contributed by atoms with E-state index in [0.717, 1.165) is 54.6 Å². The van der Waals surface area contributed by atoms with E-state index in [1.54, 1.807) is 7.11 Å². The second-order valence-electron chi connectivity index (χ2n) is 9.93. The third-order valence-corrected chi connectivity index (χ3v) is 7.14. The number of piperidine rings is 1. The Balaban J connectivity index is 1.45. The van der Waals surface area contributed by atoms with Crippen LogP contribution >= 0.6 is 0 Å². The van der Waals surface area contributed by atoms with Crippen molar-refractivity contribution in [1.82, 2.24) is 15.2 Å². The highest BCUT2D eigenvalue weighted by Crippen LogP contribution is 2.32. The predicted molar refractivity (Wildman–Crippen MR) is 138 cm³/mol. The second-order valence-corrected chi connectivity index (χ2v) is 9.93. The maximum absolute atomic E-state index is 12.7. The highest BCUT2D eigenvalue weighted by Gasteiger charge is 2.27. The molecule has 4 rings (SSSR count). The lowest BCUT2D eigenvalue weighted by Crippen LogP contribution is -2.41. The Labute approximate surface area is 208 Å². The molecule has 0 saturated carbocycles. The number of H-pyrrole nitrogens is 1. The van der Waals surface area contributed by atoms with Crippen LogP contribution < -0.4 is 10.1 Å². The van der Waals surface area contributed by atoms with Crippen molar-refractivity contribution in [1.29, 1.82) is 0 Å². The molecule has 3 N–H and O–H groups in total. The lowest BCUT2D eigenvalue weighted by atomic mass is 9.85. The Morgan fingerprint density at radius 1 is 1.29 bits per heavy atom. The molecule has 2 aromatic rings. The zero-order valence-corrected chi connectivity index (χ0v) is 21.3. The van der Waals surface area contributed by atoms with Gasteiger partial charge in [-0.3, -0.25) is 10.2 Å². The van der Waals surface area contributed by atoms with Gasteiger partial charge in [0.1, 0.15) is 17.7 Å². The quantitative estimate of drug-likeness (QED) is 0.364. The summed E-state index contributed by atoms with van der Waals surface area (Å²) in [5, 5.41) is 14.6. The SMILES string of the molecule is CCOC(=O)c1[nH]c2ccc(OC)cc2c1CN1CCC(C2=CC(NC(O)C(C)C)CC=C2)CC1. The van der Waals surface area contributed by atoms with Gasteiger partial charge in [0.15, 0.2) is 0 Å². The van der Waals surface area contributed by atoms with Gasteiger partial charge in [0.05, 0.1) is 13.7 Å². The maximum atomic E-state index is 12.7. The zero-order valence-electron chi connectivity index (χ0n) is 21.3. The molecule has 1 aromatic heterocycles. The molecule has 35 heavy (non-hydrogen) atoms. The van der Waals surface area contributed by atoms with Gasteiger partial charge in [0.25, 0.3) is 0 Å². The Hall–Kier alpha value is -2.61. The fourth-order valence-corrected chi connectivity index (χ4v) is 5.05. The molecule has 1 aliphatic carbocycles. The largest absolute Gasteiger partial charge is 0.497 e. The predicted octanol–water partition coefficient (Wildman–Crippen LogP) is 4.38. The van der Waals surface area contributed by atoms with Crippen molar-refractivity contribution in [3.05, 3.63) is 53.3 Å². The van der Waals surface area contributed by atoms with Gasteiger partial charge in [-0.1, -0.05) is 32.1 Å². The number of aromatic nitrogens is 1. The summed E-state index contributed by atoms with van der Waals surface area (Å²) in [5.74, 6) is 1.15. The summed E-state index contributed by atoms with van der Waals surface area (Å²) in [6, 6.07) is 6.03. The number of ether oxygens (including phenoxy) is 2. The number of likely N-dealkylation sites (tertiary alicyclic amines) is 1. The number of carbonyl (C=O) groups is 1. The number of nitrogens with one attached hydrogen (secondary N) is 2. The van der Waals surface area contributed by atoms with Crippen LogP contribution in [-0.2, 0) is 11.3 Å². The van der Waals surface area contributed by atoms with E-state index in [0.29, 0.717) is 24.8 Å². The number of allylic oxidation sites excluding steroid dienone is 2. The molecule has 2 aliphatic rings. The first-order valence-electron chi connectivity index (χ1n) is 12.8. The summed E-state index contributed by atoms with van der Waals surface area (Å²) in [5.41, 5.74) is 3.79. The monoisotopic (exact) mass is 481 g/mol. The number of carbonyl (C=O) groups excluding carboxylic acids is 1. The molecule has 2 atom stereocenters. The minimum absolute atomic E-state index is 0.179. The van der Waals surface area contributed by atoms with Crippen LogP contribution in [0.15, 0.2) is 42.0 Å². The van der Waals surface area contributed by atoms with Crippen molar-refractivity contribution in [2.45, 2.75) is 58.8 Å². The lowest BCUT2D eigenvalue weighted by molar-refractivity contribution is 0.0517. The Bertz CT molecular complexity index is 1080. The standard InChI is InChI=1S/C28H39N3O4/c1-5-35-28(33)26-24(23-16-22(34-4)9-10-25(23)30-26)17-31-13-11-19(12-14-31)20-7-6-8-21(15-20)29-27(32)18(2)3/h6-7,9-10,15-16,18-19,21,27,29-30,32H,5,8,11-14,17H2,1-4H3. The van der Waals surface area contributed by atoms with E-state index in [2.05, 4.69) is 33.4 Å². The van der Waals surface area contributed by atoms with Crippen molar-refractivity contribution in [3.8, 4) is 5.75 Å². The summed E-state index contributed by atoms with van der Waals surface area (Å²) in [6.07, 6.45) is 9.33. The van der Waals surface area contributed by atoms with Gasteiger partial charge in [-0.05, 0) is 74.9 Å². The van der Waals surface area contributed by atoms with Crippen molar-refractivity contribution < 1.29 is 19.4 Å². The number of hydrogen-bond donors (Lipinski definition) is 3. The van der Waals surface area contributed by atoms with Crippen molar-refractivity contribution in [3.63, 3.8) is 0 Å². The number of benzene rings is 1. The number of fused-ring (bicyclic) bond motifs is 1. The molecule has 0 spiro atoms. The number of aliphatic hydroxyl groups is 1. The smallest absolute Gasteiger partial charge is 0.355 e. The second kappa shape index (κ2) is 11.4. The van der Waals surface area contributed by atoms with E-state index >= 15 is 0 Å². The third kappa shape index (κ3) is 5.97.